The normalized spacial score (nSPS) is 15.7. The Hall–Kier alpha value is -2.81. The Bertz CT molecular complexity index is 1320. The second kappa shape index (κ2) is 8.61. The van der Waals surface area contributed by atoms with Crippen LogP contribution in [0.3, 0.4) is 0 Å². The van der Waals surface area contributed by atoms with E-state index in [0.29, 0.717) is 41.4 Å². The maximum Gasteiger partial charge on any atom is 0.262 e. The zero-order valence-electron chi connectivity index (χ0n) is 17.8. The summed E-state index contributed by atoms with van der Waals surface area (Å²) in [5, 5.41) is 9.90. The average molecular weight is 455 g/mol. The number of aromatic nitrogens is 4. The van der Waals surface area contributed by atoms with Gasteiger partial charge in [0.2, 0.25) is 5.78 Å². The van der Waals surface area contributed by atoms with Crippen molar-refractivity contribution in [1.82, 2.24) is 29.0 Å². The molecule has 0 atom stereocenters. The van der Waals surface area contributed by atoms with Crippen LogP contribution < -0.4 is 5.56 Å². The van der Waals surface area contributed by atoms with Gasteiger partial charge < -0.3 is 0 Å². The summed E-state index contributed by atoms with van der Waals surface area (Å²) in [6.45, 7) is 6.86. The summed E-state index contributed by atoms with van der Waals surface area (Å²) >= 11 is 6.19. The van der Waals surface area contributed by atoms with Gasteiger partial charge in [-0.1, -0.05) is 29.8 Å². The molecule has 1 saturated heterocycles. The molecule has 2 aromatic heterocycles. The molecule has 0 spiro atoms. The molecule has 0 radical (unpaired) electrons. The molecule has 1 aliphatic heterocycles. The summed E-state index contributed by atoms with van der Waals surface area (Å²) in [5.41, 5.74) is 1.33. The Labute approximate surface area is 189 Å². The molecule has 9 heteroatoms. The lowest BCUT2D eigenvalue weighted by Crippen LogP contribution is -2.45. The molecule has 0 amide bonds. The number of hydrogen-bond donors (Lipinski definition) is 0. The number of para-hydroxylation sites is 1. The minimum Gasteiger partial charge on any atom is -0.296 e. The molecule has 0 N–H and O–H groups in total. The first-order valence-corrected chi connectivity index (χ1v) is 11.2. The smallest absolute Gasteiger partial charge is 0.262 e. The van der Waals surface area contributed by atoms with Gasteiger partial charge in [-0.25, -0.2) is 4.39 Å². The highest BCUT2D eigenvalue weighted by atomic mass is 35.5. The second-order valence-electron chi connectivity index (χ2n) is 8.07. The van der Waals surface area contributed by atoms with Gasteiger partial charge in [-0.05, 0) is 31.2 Å². The molecule has 1 fully saturated rings. The van der Waals surface area contributed by atoms with Gasteiger partial charge in [0.05, 0.1) is 17.4 Å². The van der Waals surface area contributed by atoms with Crippen molar-refractivity contribution in [3.8, 4) is 0 Å². The van der Waals surface area contributed by atoms with Gasteiger partial charge in [-0.3, -0.25) is 23.6 Å². The molecule has 1 aliphatic rings. The minimum absolute atomic E-state index is 0.0463. The molecule has 5 rings (SSSR count). The standard InChI is InChI=1S/C23H24ClFN6O/c1-2-30-22(32)16-6-3-4-9-20(16)31-21(26-27-23(30)31)15-29-12-10-28(11-13-29)14-17-18(24)7-5-8-19(17)25/h3-9H,2,10-15H2,1H3. The fraction of sp³-hybridized carbons (Fsp3) is 0.348. The van der Waals surface area contributed by atoms with Crippen LogP contribution in [0.15, 0.2) is 47.3 Å². The highest BCUT2D eigenvalue weighted by molar-refractivity contribution is 6.31. The number of fused-ring (bicyclic) bond motifs is 3. The van der Waals surface area contributed by atoms with Crippen molar-refractivity contribution in [1.29, 1.82) is 0 Å². The molecule has 0 aliphatic carbocycles. The molecule has 32 heavy (non-hydrogen) atoms. The van der Waals surface area contributed by atoms with E-state index in [2.05, 4.69) is 20.0 Å². The summed E-state index contributed by atoms with van der Waals surface area (Å²) in [6.07, 6.45) is 0. The first kappa shape index (κ1) is 21.1. The number of aryl methyl sites for hydroxylation is 1. The van der Waals surface area contributed by atoms with Crippen molar-refractivity contribution < 1.29 is 4.39 Å². The van der Waals surface area contributed by atoms with Crippen molar-refractivity contribution in [3.05, 3.63) is 75.0 Å². The van der Waals surface area contributed by atoms with Crippen LogP contribution in [0.25, 0.3) is 16.7 Å². The number of nitrogens with zero attached hydrogens (tertiary/aromatic N) is 6. The summed E-state index contributed by atoms with van der Waals surface area (Å²) < 4.78 is 17.8. The molecular formula is C23H24ClFN6O. The lowest BCUT2D eigenvalue weighted by Gasteiger charge is -2.34. The van der Waals surface area contributed by atoms with Crippen LogP contribution in [-0.4, -0.2) is 55.1 Å². The fourth-order valence-corrected chi connectivity index (χ4v) is 4.64. The predicted octanol–water partition coefficient (Wildman–Crippen LogP) is 3.17. The van der Waals surface area contributed by atoms with E-state index in [4.69, 9.17) is 11.6 Å². The van der Waals surface area contributed by atoms with E-state index in [1.165, 1.54) is 6.07 Å². The van der Waals surface area contributed by atoms with Gasteiger partial charge >= 0.3 is 0 Å². The third-order valence-corrected chi connectivity index (χ3v) is 6.52. The summed E-state index contributed by atoms with van der Waals surface area (Å²) in [4.78, 5) is 17.4. The van der Waals surface area contributed by atoms with Crippen LogP contribution in [0, 0.1) is 5.82 Å². The summed E-state index contributed by atoms with van der Waals surface area (Å²) in [7, 11) is 0. The molecule has 4 aromatic rings. The molecular weight excluding hydrogens is 431 g/mol. The van der Waals surface area contributed by atoms with Crippen molar-refractivity contribution in [2.75, 3.05) is 26.2 Å². The van der Waals surface area contributed by atoms with Crippen LogP contribution in [0.4, 0.5) is 4.39 Å². The van der Waals surface area contributed by atoms with Crippen molar-refractivity contribution >= 4 is 28.3 Å². The number of hydrogen-bond acceptors (Lipinski definition) is 5. The van der Waals surface area contributed by atoms with Crippen molar-refractivity contribution in [2.45, 2.75) is 26.6 Å². The van der Waals surface area contributed by atoms with E-state index in [1.807, 2.05) is 35.6 Å². The first-order valence-electron chi connectivity index (χ1n) is 10.8. The Balaban J connectivity index is 1.36. The Morgan fingerprint density at radius 2 is 1.69 bits per heavy atom. The third-order valence-electron chi connectivity index (χ3n) is 6.16. The van der Waals surface area contributed by atoms with Gasteiger partial charge in [0.1, 0.15) is 5.82 Å². The second-order valence-corrected chi connectivity index (χ2v) is 8.48. The number of benzene rings is 2. The SMILES string of the molecule is CCn1c(=O)c2ccccc2n2c(CN3CCN(Cc4c(F)cccc4Cl)CC3)nnc12. The van der Waals surface area contributed by atoms with Crippen LogP contribution in [0.1, 0.15) is 18.3 Å². The van der Waals surface area contributed by atoms with Crippen molar-refractivity contribution in [2.24, 2.45) is 0 Å². The molecule has 0 unspecified atom stereocenters. The lowest BCUT2D eigenvalue weighted by atomic mass is 10.2. The van der Waals surface area contributed by atoms with E-state index in [9.17, 15) is 9.18 Å². The maximum atomic E-state index is 14.1. The lowest BCUT2D eigenvalue weighted by molar-refractivity contribution is 0.119. The third kappa shape index (κ3) is 3.68. The number of halogens is 2. The van der Waals surface area contributed by atoms with Gasteiger partial charge in [0.25, 0.3) is 5.56 Å². The van der Waals surface area contributed by atoms with Crippen molar-refractivity contribution in [3.63, 3.8) is 0 Å². The molecule has 7 nitrogen and oxygen atoms in total. The van der Waals surface area contributed by atoms with Gasteiger partial charge in [-0.15, -0.1) is 10.2 Å². The highest BCUT2D eigenvalue weighted by Crippen LogP contribution is 2.22. The zero-order valence-corrected chi connectivity index (χ0v) is 18.6. The largest absolute Gasteiger partial charge is 0.296 e. The summed E-state index contributed by atoms with van der Waals surface area (Å²) in [6, 6.07) is 12.4. The van der Waals surface area contributed by atoms with Crippen LogP contribution in [-0.2, 0) is 19.6 Å². The van der Waals surface area contributed by atoms with E-state index in [1.54, 1.807) is 16.7 Å². The number of piperazine rings is 1. The van der Waals surface area contributed by atoms with Crippen LogP contribution in [0.2, 0.25) is 5.02 Å². The van der Waals surface area contributed by atoms with Gasteiger partial charge in [0, 0.05) is 49.9 Å². The zero-order chi connectivity index (χ0) is 22.2. The van der Waals surface area contributed by atoms with Crippen LogP contribution in [0.5, 0.6) is 0 Å². The molecule has 2 aromatic carbocycles. The predicted molar refractivity (Wildman–Crippen MR) is 122 cm³/mol. The van der Waals surface area contributed by atoms with E-state index < -0.39 is 0 Å². The molecule has 0 saturated carbocycles. The van der Waals surface area contributed by atoms with E-state index in [-0.39, 0.29) is 11.4 Å². The van der Waals surface area contributed by atoms with E-state index >= 15 is 0 Å². The molecule has 3 heterocycles. The Morgan fingerprint density at radius 3 is 2.41 bits per heavy atom. The minimum atomic E-state index is -0.260. The monoisotopic (exact) mass is 454 g/mol. The topological polar surface area (TPSA) is 58.7 Å². The molecule has 0 bridgehead atoms. The Kier molecular flexibility index (Phi) is 5.67. The number of rotatable bonds is 5. The first-order chi connectivity index (χ1) is 15.6. The Morgan fingerprint density at radius 1 is 0.969 bits per heavy atom. The van der Waals surface area contributed by atoms with Gasteiger partial charge in [-0.2, -0.15) is 0 Å². The van der Waals surface area contributed by atoms with E-state index in [0.717, 1.165) is 37.5 Å². The summed E-state index contributed by atoms with van der Waals surface area (Å²) in [5.74, 6) is 1.12. The highest BCUT2D eigenvalue weighted by Gasteiger charge is 2.22. The maximum absolute atomic E-state index is 14.1. The fourth-order valence-electron chi connectivity index (χ4n) is 4.41. The molecule has 166 valence electrons. The quantitative estimate of drug-likeness (QED) is 0.463. The van der Waals surface area contributed by atoms with Gasteiger partial charge in [0.15, 0.2) is 5.82 Å². The average Bonchev–Trinajstić information content (AvgIpc) is 3.21. The van der Waals surface area contributed by atoms with Crippen LogP contribution >= 0.6 is 11.6 Å².